The summed E-state index contributed by atoms with van der Waals surface area (Å²) in [7, 11) is 4.04. The molecule has 3 rings (SSSR count). The number of anilines is 1. The van der Waals surface area contributed by atoms with Crippen LogP contribution in [0.15, 0.2) is 93.8 Å². The Bertz CT molecular complexity index is 1060. The van der Waals surface area contributed by atoms with Crippen LogP contribution in [0.5, 0.6) is 0 Å². The van der Waals surface area contributed by atoms with E-state index in [-0.39, 0.29) is 5.57 Å². The smallest absolute Gasteiger partial charge is 0.136 e. The van der Waals surface area contributed by atoms with E-state index in [2.05, 4.69) is 47.4 Å². The van der Waals surface area contributed by atoms with Gasteiger partial charge in [0.05, 0.1) is 0 Å². The fourth-order valence-corrected chi connectivity index (χ4v) is 3.95. The van der Waals surface area contributed by atoms with Gasteiger partial charge in [-0.25, -0.2) is 0 Å². The van der Waals surface area contributed by atoms with Gasteiger partial charge in [0, 0.05) is 36.7 Å². The molecule has 0 atom stereocenters. The molecule has 2 aromatic rings. The summed E-state index contributed by atoms with van der Waals surface area (Å²) in [6.45, 7) is 0. The monoisotopic (exact) mass is 395 g/mol. The van der Waals surface area contributed by atoms with E-state index in [4.69, 9.17) is 0 Å². The lowest BCUT2D eigenvalue weighted by atomic mass is 10.1. The molecule has 3 nitrogen and oxygen atoms in total. The number of nitriles is 2. The van der Waals surface area contributed by atoms with E-state index in [9.17, 15) is 10.5 Å². The van der Waals surface area contributed by atoms with E-state index in [1.54, 1.807) is 11.8 Å². The fourth-order valence-electron chi connectivity index (χ4n) is 2.91. The third-order valence-electron chi connectivity index (χ3n) is 4.45. The van der Waals surface area contributed by atoms with E-state index in [0.29, 0.717) is 5.57 Å². The number of nitrogens with zero attached hydrogens (tertiary/aromatic N) is 3. The Labute approximate surface area is 176 Å². The van der Waals surface area contributed by atoms with Gasteiger partial charge in [0.15, 0.2) is 0 Å². The van der Waals surface area contributed by atoms with Gasteiger partial charge in [-0.15, -0.1) is 0 Å². The number of allylic oxidation sites excluding steroid dienone is 6. The summed E-state index contributed by atoms with van der Waals surface area (Å²) in [5.41, 5.74) is 4.26. The highest BCUT2D eigenvalue weighted by Crippen LogP contribution is 2.36. The van der Waals surface area contributed by atoms with E-state index < -0.39 is 0 Å². The molecule has 1 heterocycles. The van der Waals surface area contributed by atoms with Crippen LogP contribution < -0.4 is 4.90 Å². The molecule has 0 aliphatic carbocycles. The number of hydrogen-bond acceptors (Lipinski definition) is 4. The summed E-state index contributed by atoms with van der Waals surface area (Å²) in [6.07, 6.45) is 8.72. The molecule has 0 amide bonds. The van der Waals surface area contributed by atoms with Crippen LogP contribution >= 0.6 is 11.8 Å². The molecular formula is C25H21N3S. The lowest BCUT2D eigenvalue weighted by Crippen LogP contribution is -2.07. The molecular weight excluding hydrogens is 374 g/mol. The van der Waals surface area contributed by atoms with Crippen molar-refractivity contribution in [3.05, 3.63) is 105 Å². The maximum atomic E-state index is 9.30. The summed E-state index contributed by atoms with van der Waals surface area (Å²) < 4.78 is 0. The highest BCUT2D eigenvalue weighted by Gasteiger charge is 2.13. The lowest BCUT2D eigenvalue weighted by Gasteiger charge is -2.15. The van der Waals surface area contributed by atoms with Gasteiger partial charge >= 0.3 is 0 Å². The zero-order valence-corrected chi connectivity index (χ0v) is 17.3. The Morgan fingerprint density at radius 3 is 2.24 bits per heavy atom. The normalized spacial score (nSPS) is 13.3. The van der Waals surface area contributed by atoms with Crippen LogP contribution in [0.25, 0.3) is 6.08 Å². The zero-order valence-electron chi connectivity index (χ0n) is 16.5. The second-order valence-electron chi connectivity index (χ2n) is 6.80. The predicted octanol–water partition coefficient (Wildman–Crippen LogP) is 5.87. The van der Waals surface area contributed by atoms with Gasteiger partial charge < -0.3 is 4.90 Å². The van der Waals surface area contributed by atoms with Gasteiger partial charge in [-0.3, -0.25) is 0 Å². The standard InChI is InChI=1S/C25H21N3S/c1-28(2)23-11-8-19(9-12-23)10-13-24-15-21(22(17-26)18-27)16-25(29-24)14-20-6-4-3-5-7-20/h3-13,15-16H,14H2,1-2H3. The molecule has 0 saturated heterocycles. The first-order valence-corrected chi connectivity index (χ1v) is 10.0. The molecule has 0 unspecified atom stereocenters. The van der Waals surface area contributed by atoms with Gasteiger partial charge in [0.25, 0.3) is 0 Å². The van der Waals surface area contributed by atoms with Gasteiger partial charge in [0.2, 0.25) is 0 Å². The molecule has 1 aliphatic heterocycles. The molecule has 142 valence electrons. The van der Waals surface area contributed by atoms with E-state index >= 15 is 0 Å². The Hall–Kier alpha value is -3.47. The molecule has 0 bridgehead atoms. The molecule has 2 aromatic carbocycles. The highest BCUT2D eigenvalue weighted by atomic mass is 32.2. The molecule has 0 aromatic heterocycles. The predicted molar refractivity (Wildman–Crippen MR) is 122 cm³/mol. The van der Waals surface area contributed by atoms with Gasteiger partial charge in [-0.1, -0.05) is 60.3 Å². The van der Waals surface area contributed by atoms with Crippen molar-refractivity contribution in [1.82, 2.24) is 0 Å². The van der Waals surface area contributed by atoms with Crippen molar-refractivity contribution < 1.29 is 0 Å². The fraction of sp³-hybridized carbons (Fsp3) is 0.120. The van der Waals surface area contributed by atoms with Crippen molar-refractivity contribution in [3.63, 3.8) is 0 Å². The minimum atomic E-state index is 0.136. The first-order valence-electron chi connectivity index (χ1n) is 9.23. The summed E-state index contributed by atoms with van der Waals surface area (Å²) in [6, 6.07) is 22.5. The van der Waals surface area contributed by atoms with Crippen LogP contribution in [0, 0.1) is 22.7 Å². The molecule has 0 saturated carbocycles. The van der Waals surface area contributed by atoms with Crippen LogP contribution in [-0.2, 0) is 6.42 Å². The molecule has 29 heavy (non-hydrogen) atoms. The molecule has 4 heteroatoms. The summed E-state index contributed by atoms with van der Waals surface area (Å²) in [4.78, 5) is 4.18. The van der Waals surface area contributed by atoms with Crippen molar-refractivity contribution in [2.75, 3.05) is 19.0 Å². The van der Waals surface area contributed by atoms with Crippen molar-refractivity contribution in [3.8, 4) is 12.1 Å². The summed E-state index contributed by atoms with van der Waals surface area (Å²) >= 11 is 1.67. The molecule has 0 fully saturated rings. The third kappa shape index (κ3) is 5.51. The zero-order chi connectivity index (χ0) is 20.6. The number of hydrogen-bond donors (Lipinski definition) is 0. The minimum Gasteiger partial charge on any atom is -0.378 e. The van der Waals surface area contributed by atoms with E-state index in [1.165, 1.54) is 5.56 Å². The van der Waals surface area contributed by atoms with Gasteiger partial charge in [0.1, 0.15) is 17.7 Å². The molecule has 1 aliphatic rings. The number of thioether (sulfide) groups is 1. The maximum Gasteiger partial charge on any atom is 0.136 e. The van der Waals surface area contributed by atoms with Crippen LogP contribution in [0.4, 0.5) is 5.69 Å². The average Bonchev–Trinajstić information content (AvgIpc) is 2.74. The molecule has 0 N–H and O–H groups in total. The largest absolute Gasteiger partial charge is 0.378 e. The quantitative estimate of drug-likeness (QED) is 0.594. The van der Waals surface area contributed by atoms with Crippen molar-refractivity contribution in [2.45, 2.75) is 6.42 Å². The Kier molecular flexibility index (Phi) is 6.74. The van der Waals surface area contributed by atoms with E-state index in [0.717, 1.165) is 27.5 Å². The van der Waals surface area contributed by atoms with Gasteiger partial charge in [-0.2, -0.15) is 10.5 Å². The van der Waals surface area contributed by atoms with Crippen molar-refractivity contribution >= 4 is 23.5 Å². The number of benzene rings is 2. The summed E-state index contributed by atoms with van der Waals surface area (Å²) in [5.74, 6) is 0. The SMILES string of the molecule is CN(C)c1ccc(C=CC2=CC(=C(C#N)C#N)C=C(Cc3ccccc3)S2)cc1. The lowest BCUT2D eigenvalue weighted by molar-refractivity contribution is 1.13. The van der Waals surface area contributed by atoms with Crippen LogP contribution in [0.1, 0.15) is 11.1 Å². The second kappa shape index (κ2) is 9.64. The highest BCUT2D eigenvalue weighted by molar-refractivity contribution is 8.07. The second-order valence-corrected chi connectivity index (χ2v) is 7.99. The first kappa shape index (κ1) is 20.3. The van der Waals surface area contributed by atoms with Crippen molar-refractivity contribution in [1.29, 1.82) is 10.5 Å². The third-order valence-corrected chi connectivity index (χ3v) is 5.46. The van der Waals surface area contributed by atoms with Gasteiger partial charge in [-0.05, 0) is 46.4 Å². The Balaban J connectivity index is 1.86. The first-order chi connectivity index (χ1) is 14.1. The van der Waals surface area contributed by atoms with Crippen LogP contribution in [0.3, 0.4) is 0 Å². The summed E-state index contributed by atoms with van der Waals surface area (Å²) in [5, 5.41) is 18.6. The van der Waals surface area contributed by atoms with Crippen LogP contribution in [0.2, 0.25) is 0 Å². The maximum absolute atomic E-state index is 9.30. The van der Waals surface area contributed by atoms with Crippen molar-refractivity contribution in [2.24, 2.45) is 0 Å². The average molecular weight is 396 g/mol. The van der Waals surface area contributed by atoms with E-state index in [1.807, 2.05) is 62.7 Å². The molecule has 0 spiro atoms. The topological polar surface area (TPSA) is 50.8 Å². The minimum absolute atomic E-state index is 0.136. The number of rotatable bonds is 5. The molecule has 0 radical (unpaired) electrons. The Morgan fingerprint density at radius 2 is 1.62 bits per heavy atom. The van der Waals surface area contributed by atoms with Crippen LogP contribution in [-0.4, -0.2) is 14.1 Å². The Morgan fingerprint density at radius 1 is 0.931 bits per heavy atom.